The Kier molecular flexibility index (Phi) is 7.11. The molecule has 182 valence electrons. The van der Waals surface area contributed by atoms with Gasteiger partial charge in [0, 0.05) is 17.8 Å². The number of hydrogen-bond acceptors (Lipinski definition) is 8. The Morgan fingerprint density at radius 2 is 1.97 bits per heavy atom. The molecule has 0 fully saturated rings. The molecule has 0 aliphatic carbocycles. The number of ether oxygens (including phenoxy) is 2. The molecule has 0 saturated carbocycles. The first-order valence-corrected chi connectivity index (χ1v) is 11.2. The fourth-order valence-electron chi connectivity index (χ4n) is 3.84. The van der Waals surface area contributed by atoms with Crippen LogP contribution in [0.4, 0.5) is 11.5 Å². The van der Waals surface area contributed by atoms with Crippen molar-refractivity contribution in [3.05, 3.63) is 67.0 Å². The smallest absolute Gasteiger partial charge is 0.268 e. The van der Waals surface area contributed by atoms with Crippen LogP contribution in [0.25, 0.3) is 22.3 Å². The molecule has 0 aliphatic heterocycles. The number of rotatable bonds is 9. The summed E-state index contributed by atoms with van der Waals surface area (Å²) in [4.78, 5) is 22.9. The van der Waals surface area contributed by atoms with Gasteiger partial charge in [0.05, 0.1) is 25.6 Å². The lowest BCUT2D eigenvalue weighted by Crippen LogP contribution is -2.34. The Hall–Kier alpha value is -4.91. The van der Waals surface area contributed by atoms with Crippen molar-refractivity contribution in [1.82, 2.24) is 19.7 Å². The summed E-state index contributed by atoms with van der Waals surface area (Å²) in [5.74, 6) is 0.975. The van der Waals surface area contributed by atoms with Crippen molar-refractivity contribution < 1.29 is 14.3 Å². The van der Waals surface area contributed by atoms with E-state index in [1.54, 1.807) is 23.9 Å². The molecule has 10 heteroatoms. The van der Waals surface area contributed by atoms with Gasteiger partial charge < -0.3 is 20.1 Å². The second-order valence-corrected chi connectivity index (χ2v) is 7.71. The number of nitriles is 1. The molecule has 0 bridgehead atoms. The number of fused-ring (bicyclic) bond motifs is 1. The van der Waals surface area contributed by atoms with Crippen LogP contribution in [0.5, 0.6) is 11.5 Å². The van der Waals surface area contributed by atoms with Gasteiger partial charge in [0.1, 0.15) is 29.5 Å². The van der Waals surface area contributed by atoms with Crippen molar-refractivity contribution in [3.8, 4) is 28.8 Å². The van der Waals surface area contributed by atoms with E-state index in [2.05, 4.69) is 16.5 Å². The molecule has 4 aromatic rings. The maximum atomic E-state index is 12.9. The minimum Gasteiger partial charge on any atom is -0.493 e. The molecule has 2 aromatic carbocycles. The molecule has 0 saturated heterocycles. The first-order valence-electron chi connectivity index (χ1n) is 11.2. The van der Waals surface area contributed by atoms with Crippen LogP contribution in [0.15, 0.2) is 67.0 Å². The molecule has 0 atom stereocenters. The maximum Gasteiger partial charge on any atom is 0.268 e. The molecule has 0 spiro atoms. The van der Waals surface area contributed by atoms with E-state index in [-0.39, 0.29) is 24.5 Å². The van der Waals surface area contributed by atoms with Crippen LogP contribution in [-0.2, 0) is 11.3 Å². The van der Waals surface area contributed by atoms with Gasteiger partial charge in [-0.1, -0.05) is 24.8 Å². The molecule has 1 amide bonds. The zero-order valence-corrected chi connectivity index (χ0v) is 20.0. The van der Waals surface area contributed by atoms with Crippen molar-refractivity contribution >= 4 is 28.4 Å². The third-order valence-electron chi connectivity index (χ3n) is 5.54. The van der Waals surface area contributed by atoms with E-state index in [0.717, 1.165) is 5.56 Å². The SMILES string of the molecule is C=C(C#N)C(=O)N(CCn1nc(-c2ccc(OCC)c(OC)c2)c2c(N)ncnc21)c1ccccc1. The minimum absolute atomic E-state index is 0.155. The topological polar surface area (TPSA) is 132 Å². The van der Waals surface area contributed by atoms with E-state index in [9.17, 15) is 10.1 Å². The fraction of sp³-hybridized carbons (Fsp3) is 0.192. The van der Waals surface area contributed by atoms with Crippen molar-refractivity contribution in [2.75, 3.05) is 30.9 Å². The molecule has 0 aliphatic rings. The van der Waals surface area contributed by atoms with Gasteiger partial charge in [0.25, 0.3) is 5.91 Å². The quantitative estimate of drug-likeness (QED) is 0.282. The Morgan fingerprint density at radius 3 is 2.67 bits per heavy atom. The Morgan fingerprint density at radius 1 is 1.19 bits per heavy atom. The molecular weight excluding hydrogens is 458 g/mol. The standard InChI is InChI=1S/C26H25N7O3/c1-4-36-20-11-10-18(14-21(20)35-3)23-22-24(28)29-16-30-25(22)33(31-23)13-12-32(26(34)17(2)15-27)19-8-6-5-7-9-19/h5-11,14,16H,2,4,12-13H2,1,3H3,(H2,28,29,30). The summed E-state index contributed by atoms with van der Waals surface area (Å²) >= 11 is 0. The highest BCUT2D eigenvalue weighted by atomic mass is 16.5. The number of methoxy groups -OCH3 is 1. The zero-order valence-electron chi connectivity index (χ0n) is 20.0. The highest BCUT2D eigenvalue weighted by molar-refractivity contribution is 6.07. The zero-order chi connectivity index (χ0) is 25.7. The van der Waals surface area contributed by atoms with Gasteiger partial charge in [0.2, 0.25) is 0 Å². The third kappa shape index (κ3) is 4.67. The van der Waals surface area contributed by atoms with E-state index >= 15 is 0 Å². The van der Waals surface area contributed by atoms with Gasteiger partial charge in [-0.2, -0.15) is 10.4 Å². The number of carbonyl (C=O) groups is 1. The van der Waals surface area contributed by atoms with Crippen LogP contribution in [0.3, 0.4) is 0 Å². The van der Waals surface area contributed by atoms with Gasteiger partial charge in [0.15, 0.2) is 17.1 Å². The molecule has 2 heterocycles. The summed E-state index contributed by atoms with van der Waals surface area (Å²) in [7, 11) is 1.57. The van der Waals surface area contributed by atoms with Crippen molar-refractivity contribution in [2.24, 2.45) is 0 Å². The van der Waals surface area contributed by atoms with Crippen LogP contribution in [0.1, 0.15) is 6.92 Å². The number of para-hydroxylation sites is 1. The molecule has 36 heavy (non-hydrogen) atoms. The van der Waals surface area contributed by atoms with E-state index in [4.69, 9.17) is 20.3 Å². The Labute approximate surface area is 208 Å². The summed E-state index contributed by atoms with van der Waals surface area (Å²) in [5, 5.41) is 14.6. The maximum absolute atomic E-state index is 12.9. The molecule has 2 aromatic heterocycles. The molecular formula is C26H25N7O3. The van der Waals surface area contributed by atoms with Crippen molar-refractivity contribution in [2.45, 2.75) is 13.5 Å². The molecule has 10 nitrogen and oxygen atoms in total. The summed E-state index contributed by atoms with van der Waals surface area (Å²) in [5.41, 5.74) is 8.56. The number of aromatic nitrogens is 4. The van der Waals surface area contributed by atoms with Crippen molar-refractivity contribution in [1.29, 1.82) is 5.26 Å². The number of nitrogens with two attached hydrogens (primary N) is 1. The van der Waals surface area contributed by atoms with Gasteiger partial charge in [-0.05, 0) is 37.3 Å². The van der Waals surface area contributed by atoms with E-state index in [1.807, 2.05) is 49.4 Å². The minimum atomic E-state index is -0.481. The lowest BCUT2D eigenvalue weighted by atomic mass is 10.1. The summed E-state index contributed by atoms with van der Waals surface area (Å²) in [6.07, 6.45) is 1.37. The lowest BCUT2D eigenvalue weighted by Gasteiger charge is -2.22. The largest absolute Gasteiger partial charge is 0.493 e. The van der Waals surface area contributed by atoms with Gasteiger partial charge >= 0.3 is 0 Å². The lowest BCUT2D eigenvalue weighted by molar-refractivity contribution is -0.114. The predicted octanol–water partition coefficient (Wildman–Crippen LogP) is 3.60. The average Bonchev–Trinajstić information content (AvgIpc) is 3.29. The van der Waals surface area contributed by atoms with Crippen LogP contribution < -0.4 is 20.1 Å². The number of carbonyl (C=O) groups excluding carboxylic acids is 1. The monoisotopic (exact) mass is 483 g/mol. The highest BCUT2D eigenvalue weighted by Gasteiger charge is 2.22. The Balaban J connectivity index is 1.74. The molecule has 0 unspecified atom stereocenters. The average molecular weight is 484 g/mol. The second kappa shape index (κ2) is 10.6. The summed E-state index contributed by atoms with van der Waals surface area (Å²) in [6.45, 7) is 6.48. The van der Waals surface area contributed by atoms with E-state index in [0.29, 0.717) is 40.5 Å². The first-order chi connectivity index (χ1) is 17.5. The first kappa shape index (κ1) is 24.2. The van der Waals surface area contributed by atoms with Crippen molar-refractivity contribution in [3.63, 3.8) is 0 Å². The Bertz CT molecular complexity index is 1460. The number of nitrogens with zero attached hydrogens (tertiary/aromatic N) is 6. The van der Waals surface area contributed by atoms with E-state index < -0.39 is 5.91 Å². The van der Waals surface area contributed by atoms with Crippen LogP contribution in [0, 0.1) is 11.3 Å². The van der Waals surface area contributed by atoms with Crippen LogP contribution in [0.2, 0.25) is 0 Å². The molecule has 0 radical (unpaired) electrons. The number of nitrogen functional groups attached to an aromatic ring is 1. The van der Waals surface area contributed by atoms with Crippen LogP contribution in [-0.4, -0.2) is 45.9 Å². The number of amides is 1. The summed E-state index contributed by atoms with van der Waals surface area (Å²) < 4.78 is 12.8. The molecule has 4 rings (SSSR count). The fourth-order valence-corrected chi connectivity index (χ4v) is 3.84. The third-order valence-corrected chi connectivity index (χ3v) is 5.54. The van der Waals surface area contributed by atoms with Gasteiger partial charge in [-0.25, -0.2) is 14.6 Å². The summed E-state index contributed by atoms with van der Waals surface area (Å²) in [6, 6.07) is 16.4. The number of anilines is 2. The second-order valence-electron chi connectivity index (χ2n) is 7.71. The van der Waals surface area contributed by atoms with Gasteiger partial charge in [-0.15, -0.1) is 0 Å². The normalized spacial score (nSPS) is 10.6. The number of hydrogen-bond donors (Lipinski definition) is 1. The molecule has 2 N–H and O–H groups in total. The predicted molar refractivity (Wildman–Crippen MR) is 136 cm³/mol. The van der Waals surface area contributed by atoms with E-state index in [1.165, 1.54) is 11.2 Å². The van der Waals surface area contributed by atoms with Gasteiger partial charge in [-0.3, -0.25) is 4.79 Å². The highest BCUT2D eigenvalue weighted by Crippen LogP contribution is 2.36. The van der Waals surface area contributed by atoms with Crippen LogP contribution >= 0.6 is 0 Å². The number of benzene rings is 2.